The fourth-order valence-electron chi connectivity index (χ4n) is 2.72. The summed E-state index contributed by atoms with van der Waals surface area (Å²) in [6.07, 6.45) is 1.56. The second-order valence-corrected chi connectivity index (χ2v) is 5.73. The highest BCUT2D eigenvalue weighted by Crippen LogP contribution is 2.27. The van der Waals surface area contributed by atoms with Crippen molar-refractivity contribution in [3.05, 3.63) is 70.0 Å². The standard InChI is InChI=1S/C19H16N6O2/c1-21-16-9-8-13(11-17(16)25(26)27)10-15(12-20)19-23-22-18(24(19)2)14-6-4-3-5-7-14/h3-11,21H,1-2H3/b15-10-. The highest BCUT2D eigenvalue weighted by atomic mass is 16.6. The maximum atomic E-state index is 11.2. The summed E-state index contributed by atoms with van der Waals surface area (Å²) in [7, 11) is 3.39. The lowest BCUT2D eigenvalue weighted by Gasteiger charge is -2.05. The number of nitriles is 1. The Morgan fingerprint density at radius 2 is 2.00 bits per heavy atom. The molecule has 8 nitrogen and oxygen atoms in total. The summed E-state index contributed by atoms with van der Waals surface area (Å²) >= 11 is 0. The topological polar surface area (TPSA) is 110 Å². The number of rotatable bonds is 5. The smallest absolute Gasteiger partial charge is 0.292 e. The van der Waals surface area contributed by atoms with Gasteiger partial charge in [0.05, 0.1) is 10.5 Å². The Kier molecular flexibility index (Phi) is 4.95. The van der Waals surface area contributed by atoms with E-state index in [0.29, 0.717) is 22.9 Å². The van der Waals surface area contributed by atoms with E-state index in [1.54, 1.807) is 36.9 Å². The first kappa shape index (κ1) is 17.8. The summed E-state index contributed by atoms with van der Waals surface area (Å²) in [4.78, 5) is 10.8. The first-order chi connectivity index (χ1) is 13.0. The molecule has 0 amide bonds. The van der Waals surface area contributed by atoms with Crippen LogP contribution in [0.15, 0.2) is 48.5 Å². The van der Waals surface area contributed by atoms with Crippen molar-refractivity contribution in [3.63, 3.8) is 0 Å². The van der Waals surface area contributed by atoms with Crippen molar-refractivity contribution in [2.24, 2.45) is 7.05 Å². The molecule has 3 rings (SSSR count). The Morgan fingerprint density at radius 3 is 2.63 bits per heavy atom. The zero-order chi connectivity index (χ0) is 19.4. The molecule has 0 saturated carbocycles. The van der Waals surface area contributed by atoms with Crippen LogP contribution in [0.5, 0.6) is 0 Å². The summed E-state index contributed by atoms with van der Waals surface area (Å²) < 4.78 is 1.72. The Bertz CT molecular complexity index is 1060. The lowest BCUT2D eigenvalue weighted by Crippen LogP contribution is -1.99. The Hall–Kier alpha value is -3.99. The predicted molar refractivity (Wildman–Crippen MR) is 103 cm³/mol. The molecule has 1 N–H and O–H groups in total. The van der Waals surface area contributed by atoms with Gasteiger partial charge in [-0.2, -0.15) is 5.26 Å². The fraction of sp³-hybridized carbons (Fsp3) is 0.105. The predicted octanol–water partition coefficient (Wildman–Crippen LogP) is 3.50. The summed E-state index contributed by atoms with van der Waals surface area (Å²) in [5.74, 6) is 1.01. The largest absolute Gasteiger partial charge is 0.383 e. The molecule has 0 radical (unpaired) electrons. The van der Waals surface area contributed by atoms with E-state index in [1.807, 2.05) is 30.3 Å². The number of aromatic nitrogens is 3. The summed E-state index contributed by atoms with van der Waals surface area (Å²) in [5.41, 5.74) is 2.01. The highest BCUT2D eigenvalue weighted by Gasteiger charge is 2.16. The van der Waals surface area contributed by atoms with Crippen molar-refractivity contribution in [3.8, 4) is 17.5 Å². The van der Waals surface area contributed by atoms with Crippen LogP contribution < -0.4 is 5.32 Å². The van der Waals surface area contributed by atoms with Crippen LogP contribution in [0.1, 0.15) is 11.4 Å². The van der Waals surface area contributed by atoms with Crippen LogP contribution in [0.3, 0.4) is 0 Å². The Balaban J connectivity index is 2.04. The first-order valence-corrected chi connectivity index (χ1v) is 8.08. The van der Waals surface area contributed by atoms with Gasteiger partial charge in [0, 0.05) is 25.7 Å². The van der Waals surface area contributed by atoms with Crippen LogP contribution >= 0.6 is 0 Å². The molecule has 0 atom stereocenters. The molecule has 134 valence electrons. The molecule has 0 bridgehead atoms. The van der Waals surface area contributed by atoms with Gasteiger partial charge in [0.15, 0.2) is 11.6 Å². The fourth-order valence-corrected chi connectivity index (χ4v) is 2.72. The van der Waals surface area contributed by atoms with Crippen LogP contribution in [0.4, 0.5) is 11.4 Å². The highest BCUT2D eigenvalue weighted by molar-refractivity contribution is 5.88. The van der Waals surface area contributed by atoms with Gasteiger partial charge in [0.25, 0.3) is 5.69 Å². The van der Waals surface area contributed by atoms with Gasteiger partial charge in [-0.1, -0.05) is 36.4 Å². The minimum atomic E-state index is -0.467. The molecule has 0 aliphatic heterocycles. The molecule has 0 spiro atoms. The van der Waals surface area contributed by atoms with Gasteiger partial charge in [-0.3, -0.25) is 10.1 Å². The van der Waals surface area contributed by atoms with Gasteiger partial charge in [-0.25, -0.2) is 0 Å². The molecular weight excluding hydrogens is 344 g/mol. The monoisotopic (exact) mass is 360 g/mol. The summed E-state index contributed by atoms with van der Waals surface area (Å²) in [5, 5.41) is 31.9. The molecule has 8 heteroatoms. The second-order valence-electron chi connectivity index (χ2n) is 5.73. The van der Waals surface area contributed by atoms with Gasteiger partial charge >= 0.3 is 0 Å². The zero-order valence-corrected chi connectivity index (χ0v) is 14.7. The third-order valence-corrected chi connectivity index (χ3v) is 4.07. The van der Waals surface area contributed by atoms with E-state index >= 15 is 0 Å². The van der Waals surface area contributed by atoms with E-state index in [1.165, 1.54) is 6.07 Å². The van der Waals surface area contributed by atoms with E-state index in [9.17, 15) is 15.4 Å². The van der Waals surface area contributed by atoms with Gasteiger partial charge in [-0.15, -0.1) is 10.2 Å². The van der Waals surface area contributed by atoms with Gasteiger partial charge in [0.2, 0.25) is 0 Å². The lowest BCUT2D eigenvalue weighted by molar-refractivity contribution is -0.383. The number of nitro benzene ring substituents is 1. The average Bonchev–Trinajstić information content (AvgIpc) is 3.07. The summed E-state index contributed by atoms with van der Waals surface area (Å²) in [6.45, 7) is 0. The minimum absolute atomic E-state index is 0.0634. The molecule has 0 aliphatic carbocycles. The van der Waals surface area contributed by atoms with Crippen LogP contribution in [0.25, 0.3) is 23.0 Å². The van der Waals surface area contributed by atoms with Crippen LogP contribution in [-0.2, 0) is 7.05 Å². The van der Waals surface area contributed by atoms with Crippen molar-refractivity contribution < 1.29 is 4.92 Å². The quantitative estimate of drug-likeness (QED) is 0.424. The van der Waals surface area contributed by atoms with Crippen LogP contribution in [0, 0.1) is 21.4 Å². The van der Waals surface area contributed by atoms with Crippen molar-refractivity contribution in [2.45, 2.75) is 0 Å². The van der Waals surface area contributed by atoms with E-state index in [2.05, 4.69) is 21.6 Å². The zero-order valence-electron chi connectivity index (χ0n) is 14.7. The third kappa shape index (κ3) is 3.52. The Morgan fingerprint density at radius 1 is 1.26 bits per heavy atom. The number of nitro groups is 1. The lowest BCUT2D eigenvalue weighted by atomic mass is 10.1. The number of anilines is 1. The molecule has 1 heterocycles. The van der Waals surface area contributed by atoms with Gasteiger partial charge in [-0.05, 0) is 17.7 Å². The maximum Gasteiger partial charge on any atom is 0.292 e. The molecule has 0 saturated heterocycles. The Labute approximate surface area is 155 Å². The molecule has 0 fully saturated rings. The molecule has 27 heavy (non-hydrogen) atoms. The molecule has 1 aromatic heterocycles. The number of hydrogen-bond donors (Lipinski definition) is 1. The normalized spacial score (nSPS) is 11.1. The van der Waals surface area contributed by atoms with E-state index in [0.717, 1.165) is 5.56 Å². The van der Waals surface area contributed by atoms with Crippen molar-refractivity contribution in [1.29, 1.82) is 5.26 Å². The maximum absolute atomic E-state index is 11.2. The van der Waals surface area contributed by atoms with E-state index < -0.39 is 4.92 Å². The van der Waals surface area contributed by atoms with Crippen LogP contribution in [0.2, 0.25) is 0 Å². The molecule has 3 aromatic rings. The van der Waals surface area contributed by atoms with Gasteiger partial charge in [0.1, 0.15) is 11.8 Å². The minimum Gasteiger partial charge on any atom is -0.383 e. The molecule has 2 aromatic carbocycles. The van der Waals surface area contributed by atoms with E-state index in [-0.39, 0.29) is 11.3 Å². The van der Waals surface area contributed by atoms with Gasteiger partial charge < -0.3 is 9.88 Å². The molecule has 0 unspecified atom stereocenters. The molecular formula is C19H16N6O2. The summed E-state index contributed by atoms with van der Waals surface area (Å²) in [6, 6.07) is 16.3. The second kappa shape index (κ2) is 7.49. The number of benzene rings is 2. The number of allylic oxidation sites excluding steroid dienone is 1. The number of nitrogens with one attached hydrogen (secondary N) is 1. The average molecular weight is 360 g/mol. The van der Waals surface area contributed by atoms with Crippen molar-refractivity contribution >= 4 is 23.0 Å². The van der Waals surface area contributed by atoms with E-state index in [4.69, 9.17) is 0 Å². The van der Waals surface area contributed by atoms with Crippen molar-refractivity contribution in [1.82, 2.24) is 14.8 Å². The van der Waals surface area contributed by atoms with Crippen molar-refractivity contribution in [2.75, 3.05) is 12.4 Å². The first-order valence-electron chi connectivity index (χ1n) is 8.08. The molecule has 0 aliphatic rings. The number of hydrogen-bond acceptors (Lipinski definition) is 6. The van der Waals surface area contributed by atoms with Crippen LogP contribution in [-0.4, -0.2) is 26.7 Å². The SMILES string of the molecule is CNc1ccc(/C=C(/C#N)c2nnc(-c3ccccc3)n2C)cc1[N+](=O)[O-]. The number of nitrogens with zero attached hydrogens (tertiary/aromatic N) is 5. The third-order valence-electron chi connectivity index (χ3n) is 4.07.